The predicted molar refractivity (Wildman–Crippen MR) is 121 cm³/mol. The SMILES string of the molecule is COc1ccc(N(C(=O)CCl)C2(C(=O)NCc3ccccc3)CCC(F)(F)CC2)cc1Cl. The lowest BCUT2D eigenvalue weighted by Gasteiger charge is -2.46. The number of hydrogen-bond acceptors (Lipinski definition) is 3. The molecule has 1 aliphatic carbocycles. The van der Waals surface area contributed by atoms with E-state index < -0.39 is 42.0 Å². The average Bonchev–Trinajstić information content (AvgIpc) is 2.79. The number of anilines is 1. The highest BCUT2D eigenvalue weighted by molar-refractivity contribution is 6.33. The fourth-order valence-electron chi connectivity index (χ4n) is 4.01. The molecule has 2 aromatic carbocycles. The molecule has 0 bridgehead atoms. The Morgan fingerprint density at radius 2 is 1.75 bits per heavy atom. The van der Waals surface area contributed by atoms with Gasteiger partial charge in [0, 0.05) is 25.1 Å². The molecule has 2 amide bonds. The van der Waals surface area contributed by atoms with Gasteiger partial charge in [0.25, 0.3) is 0 Å². The Balaban J connectivity index is 2.01. The second kappa shape index (κ2) is 10.0. The zero-order chi connectivity index (χ0) is 23.4. The molecule has 2 aromatic rings. The molecule has 1 aliphatic rings. The van der Waals surface area contributed by atoms with E-state index in [9.17, 15) is 18.4 Å². The van der Waals surface area contributed by atoms with Crippen LogP contribution in [-0.2, 0) is 16.1 Å². The van der Waals surface area contributed by atoms with E-state index in [1.165, 1.54) is 18.1 Å². The molecule has 0 heterocycles. The second-order valence-corrected chi connectivity index (χ2v) is 8.41. The molecule has 9 heteroatoms. The highest BCUT2D eigenvalue weighted by Gasteiger charge is 2.53. The van der Waals surface area contributed by atoms with Crippen LogP contribution in [0.3, 0.4) is 0 Å². The number of nitrogens with one attached hydrogen (secondary N) is 1. The number of rotatable bonds is 7. The number of amides is 2. The normalized spacial score (nSPS) is 16.8. The van der Waals surface area contributed by atoms with Gasteiger partial charge in [-0.05, 0) is 36.6 Å². The van der Waals surface area contributed by atoms with Crippen LogP contribution in [0.4, 0.5) is 14.5 Å². The lowest BCUT2D eigenvalue weighted by atomic mass is 9.77. The molecule has 3 rings (SSSR count). The summed E-state index contributed by atoms with van der Waals surface area (Å²) in [4.78, 5) is 27.7. The Bertz CT molecular complexity index is 963. The Hall–Kier alpha value is -2.38. The number of halogens is 4. The molecule has 0 unspecified atom stereocenters. The number of ether oxygens (including phenoxy) is 1. The molecular formula is C23H24Cl2F2N2O3. The van der Waals surface area contributed by atoms with Gasteiger partial charge in [-0.2, -0.15) is 0 Å². The summed E-state index contributed by atoms with van der Waals surface area (Å²) >= 11 is 12.1. The van der Waals surface area contributed by atoms with Crippen LogP contribution >= 0.6 is 23.2 Å². The zero-order valence-electron chi connectivity index (χ0n) is 17.5. The Morgan fingerprint density at radius 1 is 1.09 bits per heavy atom. The number of hydrogen-bond donors (Lipinski definition) is 1. The standard InChI is InChI=1S/C23H24Cl2F2N2O3/c1-32-19-8-7-17(13-18(19)25)29(20(30)14-24)22(9-11-23(26,27)12-10-22)21(31)28-15-16-5-3-2-4-6-16/h2-8,13H,9-12,14-15H2,1H3,(H,28,31). The van der Waals surface area contributed by atoms with Gasteiger partial charge >= 0.3 is 0 Å². The van der Waals surface area contributed by atoms with Gasteiger partial charge in [0.15, 0.2) is 0 Å². The van der Waals surface area contributed by atoms with Crippen LogP contribution in [0.25, 0.3) is 0 Å². The molecule has 0 aliphatic heterocycles. The van der Waals surface area contributed by atoms with Crippen molar-refractivity contribution in [3.05, 3.63) is 59.1 Å². The van der Waals surface area contributed by atoms with Gasteiger partial charge in [-0.25, -0.2) is 8.78 Å². The molecule has 5 nitrogen and oxygen atoms in total. The fourth-order valence-corrected chi connectivity index (χ4v) is 4.38. The maximum atomic E-state index is 14.1. The van der Waals surface area contributed by atoms with Crippen molar-refractivity contribution in [1.29, 1.82) is 0 Å². The van der Waals surface area contributed by atoms with E-state index >= 15 is 0 Å². The lowest BCUT2D eigenvalue weighted by molar-refractivity contribution is -0.135. The monoisotopic (exact) mass is 484 g/mol. The van der Waals surface area contributed by atoms with Gasteiger partial charge in [-0.3, -0.25) is 14.5 Å². The van der Waals surface area contributed by atoms with Crippen LogP contribution in [0.1, 0.15) is 31.2 Å². The minimum atomic E-state index is -2.91. The van der Waals surface area contributed by atoms with Gasteiger partial charge < -0.3 is 10.1 Å². The summed E-state index contributed by atoms with van der Waals surface area (Å²) in [5.41, 5.74) is -0.387. The lowest BCUT2D eigenvalue weighted by Crippen LogP contribution is -2.63. The number of benzene rings is 2. The Morgan fingerprint density at radius 3 is 2.31 bits per heavy atom. The highest BCUT2D eigenvalue weighted by Crippen LogP contribution is 2.44. The Labute approximate surface area is 195 Å². The fraction of sp³-hybridized carbons (Fsp3) is 0.391. The van der Waals surface area contributed by atoms with E-state index in [0.717, 1.165) is 5.56 Å². The van der Waals surface area contributed by atoms with E-state index in [1.807, 2.05) is 30.3 Å². The number of carbonyl (C=O) groups is 2. The third-order valence-electron chi connectivity index (χ3n) is 5.71. The second-order valence-electron chi connectivity index (χ2n) is 7.74. The van der Waals surface area contributed by atoms with Gasteiger partial charge in [0.05, 0.1) is 12.1 Å². The molecule has 0 atom stereocenters. The summed E-state index contributed by atoms with van der Waals surface area (Å²) in [6.45, 7) is 0.199. The summed E-state index contributed by atoms with van der Waals surface area (Å²) in [6.07, 6.45) is -1.48. The first-order valence-electron chi connectivity index (χ1n) is 10.1. The minimum Gasteiger partial charge on any atom is -0.495 e. The molecule has 0 saturated heterocycles. The molecule has 0 spiro atoms. The molecule has 0 radical (unpaired) electrons. The van der Waals surface area contributed by atoms with Crippen molar-refractivity contribution in [3.8, 4) is 5.75 Å². The first kappa shape index (κ1) is 24.3. The van der Waals surface area contributed by atoms with E-state index in [2.05, 4.69) is 5.32 Å². The van der Waals surface area contributed by atoms with Crippen molar-refractivity contribution in [2.75, 3.05) is 17.9 Å². The van der Waals surface area contributed by atoms with Gasteiger partial charge in [-0.15, -0.1) is 11.6 Å². The molecule has 1 N–H and O–H groups in total. The first-order chi connectivity index (χ1) is 15.2. The van der Waals surface area contributed by atoms with Gasteiger partial charge in [-0.1, -0.05) is 41.9 Å². The van der Waals surface area contributed by atoms with Crippen molar-refractivity contribution >= 4 is 40.7 Å². The van der Waals surface area contributed by atoms with Crippen molar-refractivity contribution in [1.82, 2.24) is 5.32 Å². The van der Waals surface area contributed by atoms with Crippen LogP contribution in [0.2, 0.25) is 5.02 Å². The highest BCUT2D eigenvalue weighted by atomic mass is 35.5. The maximum Gasteiger partial charge on any atom is 0.248 e. The number of nitrogens with zero attached hydrogens (tertiary/aromatic N) is 1. The minimum absolute atomic E-state index is 0.199. The average molecular weight is 485 g/mol. The van der Waals surface area contributed by atoms with Crippen molar-refractivity contribution in [3.63, 3.8) is 0 Å². The molecule has 32 heavy (non-hydrogen) atoms. The molecule has 1 saturated carbocycles. The van der Waals surface area contributed by atoms with Crippen molar-refractivity contribution in [2.45, 2.75) is 43.7 Å². The number of carbonyl (C=O) groups excluding carboxylic acids is 2. The van der Waals surface area contributed by atoms with Crippen LogP contribution in [-0.4, -0.2) is 36.3 Å². The summed E-state index contributed by atoms with van der Waals surface area (Å²) in [7, 11) is 1.45. The van der Waals surface area contributed by atoms with Crippen molar-refractivity contribution < 1.29 is 23.1 Å². The van der Waals surface area contributed by atoms with Crippen LogP contribution in [0.15, 0.2) is 48.5 Å². The molecular weight excluding hydrogens is 461 g/mol. The third kappa shape index (κ3) is 5.15. The maximum absolute atomic E-state index is 14.1. The molecule has 0 aromatic heterocycles. The summed E-state index contributed by atoms with van der Waals surface area (Å²) < 4.78 is 33.3. The largest absolute Gasteiger partial charge is 0.495 e. The number of alkyl halides is 3. The van der Waals surface area contributed by atoms with Crippen LogP contribution in [0.5, 0.6) is 5.75 Å². The smallest absolute Gasteiger partial charge is 0.248 e. The van der Waals surface area contributed by atoms with E-state index in [4.69, 9.17) is 27.9 Å². The van der Waals surface area contributed by atoms with Crippen LogP contribution < -0.4 is 15.0 Å². The summed E-state index contributed by atoms with van der Waals surface area (Å²) in [6, 6.07) is 13.8. The molecule has 1 fully saturated rings. The zero-order valence-corrected chi connectivity index (χ0v) is 19.1. The summed E-state index contributed by atoms with van der Waals surface area (Å²) in [5, 5.41) is 3.05. The van der Waals surface area contributed by atoms with Crippen LogP contribution in [0, 0.1) is 0 Å². The van der Waals surface area contributed by atoms with Gasteiger partial charge in [0.1, 0.15) is 17.2 Å². The van der Waals surface area contributed by atoms with E-state index in [-0.39, 0.29) is 24.4 Å². The van der Waals surface area contributed by atoms with E-state index in [1.54, 1.807) is 12.1 Å². The third-order valence-corrected chi connectivity index (χ3v) is 6.24. The number of methoxy groups -OCH3 is 1. The summed E-state index contributed by atoms with van der Waals surface area (Å²) in [5.74, 6) is -4.04. The quantitative estimate of drug-likeness (QED) is 0.550. The molecule has 172 valence electrons. The topological polar surface area (TPSA) is 58.6 Å². The van der Waals surface area contributed by atoms with Gasteiger partial charge in [0.2, 0.25) is 17.7 Å². The van der Waals surface area contributed by atoms with Crippen molar-refractivity contribution in [2.24, 2.45) is 0 Å². The Kier molecular flexibility index (Phi) is 7.62. The predicted octanol–water partition coefficient (Wildman–Crippen LogP) is 5.18. The van der Waals surface area contributed by atoms with E-state index in [0.29, 0.717) is 11.4 Å². The first-order valence-corrected chi connectivity index (χ1v) is 11.1.